The number of nitrogens with zero attached hydrogens (tertiary/aromatic N) is 4. The molecule has 1 amide bonds. The first-order valence-corrected chi connectivity index (χ1v) is 8.41. The number of carbonyl (C=O) groups is 1. The molecule has 0 saturated carbocycles. The third-order valence-electron chi connectivity index (χ3n) is 4.95. The number of carbonyl (C=O) groups excluding carboxylic acids is 1. The van der Waals surface area contributed by atoms with Crippen LogP contribution in [-0.2, 0) is 4.79 Å². The number of aromatic nitrogens is 2. The van der Waals surface area contributed by atoms with Gasteiger partial charge in [-0.15, -0.1) is 5.10 Å². The summed E-state index contributed by atoms with van der Waals surface area (Å²) >= 11 is 0. The number of hydrogen-bond acceptors (Lipinski definition) is 6. The first kappa shape index (κ1) is 17.3. The van der Waals surface area contributed by atoms with Gasteiger partial charge in [0.25, 0.3) is 0 Å². The second kappa shape index (κ2) is 7.13. The Balaban J connectivity index is 1.88. The highest BCUT2D eigenvalue weighted by Crippen LogP contribution is 2.35. The van der Waals surface area contributed by atoms with Crippen molar-refractivity contribution < 1.29 is 14.3 Å². The molecular weight excluding hydrogens is 320 g/mol. The summed E-state index contributed by atoms with van der Waals surface area (Å²) in [6.45, 7) is 3.29. The fraction of sp³-hybridized carbons (Fsp3) is 0.500. The smallest absolute Gasteiger partial charge is 0.219 e. The largest absolute Gasteiger partial charge is 0.493 e. The van der Waals surface area contributed by atoms with E-state index in [1.807, 2.05) is 24.1 Å². The van der Waals surface area contributed by atoms with Crippen LogP contribution in [0.2, 0.25) is 0 Å². The van der Waals surface area contributed by atoms with E-state index in [9.17, 15) is 4.79 Å². The van der Waals surface area contributed by atoms with Gasteiger partial charge in [0, 0.05) is 43.9 Å². The lowest BCUT2D eigenvalue weighted by Crippen LogP contribution is -2.45. The molecule has 1 fully saturated rings. The van der Waals surface area contributed by atoms with Crippen molar-refractivity contribution in [2.75, 3.05) is 39.3 Å². The number of methoxy groups -OCH3 is 2. The zero-order chi connectivity index (χ0) is 18.0. The molecule has 25 heavy (non-hydrogen) atoms. The normalized spacial score (nSPS) is 15.3. The minimum absolute atomic E-state index is 0.111. The van der Waals surface area contributed by atoms with E-state index in [2.05, 4.69) is 15.1 Å². The van der Waals surface area contributed by atoms with Crippen LogP contribution in [0.4, 0.5) is 5.82 Å². The zero-order valence-electron chi connectivity index (χ0n) is 15.2. The molecule has 7 nitrogen and oxygen atoms in total. The standard InChI is InChI=1S/C18H24N4O3/c1-12(23)21(2)14-5-7-22(8-6-14)18-15-10-17(25-4)16(24-3)9-13(15)11-19-20-18/h9-11,14H,5-8H2,1-4H3. The minimum atomic E-state index is 0.111. The second-order valence-electron chi connectivity index (χ2n) is 6.31. The fourth-order valence-electron chi connectivity index (χ4n) is 3.35. The van der Waals surface area contributed by atoms with Crippen LogP contribution in [0.5, 0.6) is 11.5 Å². The minimum Gasteiger partial charge on any atom is -0.493 e. The van der Waals surface area contributed by atoms with Crippen molar-refractivity contribution in [3.8, 4) is 11.5 Å². The third-order valence-corrected chi connectivity index (χ3v) is 4.95. The van der Waals surface area contributed by atoms with Gasteiger partial charge in [-0.2, -0.15) is 5.10 Å². The Hall–Kier alpha value is -2.57. The fourth-order valence-corrected chi connectivity index (χ4v) is 3.35. The second-order valence-corrected chi connectivity index (χ2v) is 6.31. The van der Waals surface area contributed by atoms with Crippen LogP contribution >= 0.6 is 0 Å². The summed E-state index contributed by atoms with van der Waals surface area (Å²) in [6.07, 6.45) is 3.57. The lowest BCUT2D eigenvalue weighted by Gasteiger charge is -2.37. The quantitative estimate of drug-likeness (QED) is 0.846. The summed E-state index contributed by atoms with van der Waals surface area (Å²) in [5, 5.41) is 10.5. The lowest BCUT2D eigenvalue weighted by atomic mass is 10.0. The Kier molecular flexibility index (Phi) is 4.92. The van der Waals surface area contributed by atoms with Crippen LogP contribution in [0, 0.1) is 0 Å². The van der Waals surface area contributed by atoms with Crippen molar-refractivity contribution in [1.29, 1.82) is 0 Å². The first-order valence-electron chi connectivity index (χ1n) is 8.41. The maximum atomic E-state index is 11.6. The third kappa shape index (κ3) is 3.31. The van der Waals surface area contributed by atoms with Crippen molar-refractivity contribution in [3.05, 3.63) is 18.3 Å². The summed E-state index contributed by atoms with van der Waals surface area (Å²) in [5.74, 6) is 2.31. The zero-order valence-corrected chi connectivity index (χ0v) is 15.2. The van der Waals surface area contributed by atoms with E-state index in [4.69, 9.17) is 9.47 Å². The number of anilines is 1. The molecule has 2 aromatic rings. The maximum absolute atomic E-state index is 11.6. The van der Waals surface area contributed by atoms with Crippen LogP contribution in [-0.4, -0.2) is 61.4 Å². The highest BCUT2D eigenvalue weighted by molar-refractivity contribution is 5.94. The van der Waals surface area contributed by atoms with Gasteiger partial charge in [0.15, 0.2) is 17.3 Å². The van der Waals surface area contributed by atoms with E-state index in [1.54, 1.807) is 27.3 Å². The van der Waals surface area contributed by atoms with Gasteiger partial charge >= 0.3 is 0 Å². The molecule has 1 aromatic carbocycles. The molecular formula is C18H24N4O3. The predicted octanol–water partition coefficient (Wildman–Crippen LogP) is 2.09. The van der Waals surface area contributed by atoms with Gasteiger partial charge in [0.05, 0.1) is 20.4 Å². The Morgan fingerprint density at radius 2 is 1.84 bits per heavy atom. The van der Waals surface area contributed by atoms with Crippen molar-refractivity contribution in [2.45, 2.75) is 25.8 Å². The molecule has 1 aromatic heterocycles. The molecule has 1 aliphatic heterocycles. The Labute approximate surface area is 147 Å². The van der Waals surface area contributed by atoms with Crippen molar-refractivity contribution in [3.63, 3.8) is 0 Å². The molecule has 0 radical (unpaired) electrons. The van der Waals surface area contributed by atoms with E-state index in [1.165, 1.54) is 0 Å². The van der Waals surface area contributed by atoms with Gasteiger partial charge in [-0.1, -0.05) is 0 Å². The molecule has 0 bridgehead atoms. The topological polar surface area (TPSA) is 67.8 Å². The van der Waals surface area contributed by atoms with Crippen molar-refractivity contribution in [2.24, 2.45) is 0 Å². The number of rotatable bonds is 4. The summed E-state index contributed by atoms with van der Waals surface area (Å²) in [7, 11) is 5.12. The van der Waals surface area contributed by atoms with Gasteiger partial charge in [-0.3, -0.25) is 4.79 Å². The number of piperidine rings is 1. The number of benzene rings is 1. The lowest BCUT2D eigenvalue weighted by molar-refractivity contribution is -0.129. The molecule has 0 atom stereocenters. The highest BCUT2D eigenvalue weighted by Gasteiger charge is 2.25. The van der Waals surface area contributed by atoms with Gasteiger partial charge in [0.1, 0.15) is 0 Å². The summed E-state index contributed by atoms with van der Waals surface area (Å²) in [5.41, 5.74) is 0. The monoisotopic (exact) mass is 344 g/mol. The Morgan fingerprint density at radius 1 is 1.20 bits per heavy atom. The number of hydrogen-bond donors (Lipinski definition) is 0. The van der Waals surface area contributed by atoms with Gasteiger partial charge in [-0.05, 0) is 25.0 Å². The van der Waals surface area contributed by atoms with Gasteiger partial charge in [0.2, 0.25) is 5.91 Å². The first-order chi connectivity index (χ1) is 12.0. The SMILES string of the molecule is COc1cc2cnnc(N3CCC(N(C)C(C)=O)CC3)c2cc1OC. The van der Waals surface area contributed by atoms with E-state index in [0.29, 0.717) is 11.5 Å². The molecule has 3 rings (SSSR count). The van der Waals surface area contributed by atoms with Gasteiger partial charge < -0.3 is 19.3 Å². The van der Waals surface area contributed by atoms with E-state index >= 15 is 0 Å². The van der Waals surface area contributed by atoms with E-state index in [-0.39, 0.29) is 11.9 Å². The molecule has 1 saturated heterocycles. The summed E-state index contributed by atoms with van der Waals surface area (Å²) < 4.78 is 10.8. The molecule has 0 spiro atoms. The Morgan fingerprint density at radius 3 is 2.44 bits per heavy atom. The number of ether oxygens (including phenoxy) is 2. The van der Waals surface area contributed by atoms with Crippen molar-refractivity contribution >= 4 is 22.5 Å². The molecule has 134 valence electrons. The average molecular weight is 344 g/mol. The van der Waals surface area contributed by atoms with Crippen LogP contribution in [0.15, 0.2) is 18.3 Å². The van der Waals surface area contributed by atoms with Gasteiger partial charge in [-0.25, -0.2) is 0 Å². The van der Waals surface area contributed by atoms with Crippen LogP contribution < -0.4 is 14.4 Å². The molecule has 0 N–H and O–H groups in total. The maximum Gasteiger partial charge on any atom is 0.219 e. The summed E-state index contributed by atoms with van der Waals surface area (Å²) in [4.78, 5) is 15.6. The highest BCUT2D eigenvalue weighted by atomic mass is 16.5. The molecule has 0 aliphatic carbocycles. The molecule has 0 unspecified atom stereocenters. The molecule has 1 aliphatic rings. The van der Waals surface area contributed by atoms with Crippen LogP contribution in [0.3, 0.4) is 0 Å². The van der Waals surface area contributed by atoms with Crippen molar-refractivity contribution in [1.82, 2.24) is 15.1 Å². The molecule has 7 heteroatoms. The number of amides is 1. The van der Waals surface area contributed by atoms with Crippen LogP contribution in [0.25, 0.3) is 10.8 Å². The van der Waals surface area contributed by atoms with Crippen LogP contribution in [0.1, 0.15) is 19.8 Å². The summed E-state index contributed by atoms with van der Waals surface area (Å²) in [6, 6.07) is 4.15. The van der Waals surface area contributed by atoms with E-state index < -0.39 is 0 Å². The predicted molar refractivity (Wildman–Crippen MR) is 96.3 cm³/mol. The average Bonchev–Trinajstić information content (AvgIpc) is 2.65. The van der Waals surface area contributed by atoms with E-state index in [0.717, 1.165) is 42.5 Å². The molecule has 2 heterocycles. The number of fused-ring (bicyclic) bond motifs is 1. The Bertz CT molecular complexity index is 772.